The van der Waals surface area contributed by atoms with Crippen LogP contribution in [0.4, 0.5) is 34.3 Å². The topological polar surface area (TPSA) is 289 Å². The Morgan fingerprint density at radius 3 is 0.771 bits per heavy atom. The van der Waals surface area contributed by atoms with E-state index in [0.29, 0.717) is 17.2 Å². The summed E-state index contributed by atoms with van der Waals surface area (Å²) < 4.78 is 0. The van der Waals surface area contributed by atoms with Gasteiger partial charge >= 0.3 is 0 Å². The normalized spacial score (nSPS) is 15.7. The summed E-state index contributed by atoms with van der Waals surface area (Å²) in [5, 5.41) is 0. The molecular formula is C121H189N11O12. The van der Waals surface area contributed by atoms with Crippen molar-refractivity contribution in [2.75, 3.05) is 68.7 Å². The molecule has 6 aliphatic heterocycles. The van der Waals surface area contributed by atoms with Crippen LogP contribution in [0.1, 0.15) is 375 Å². The van der Waals surface area contributed by atoms with E-state index < -0.39 is 0 Å². The van der Waals surface area contributed by atoms with Gasteiger partial charge in [-0.3, -0.25) is 72.4 Å². The predicted octanol–water partition coefficient (Wildman–Crippen LogP) is 29.8. The van der Waals surface area contributed by atoms with Crippen LogP contribution in [-0.4, -0.2) is 134 Å². The standard InChI is InChI=1S/2C10H9NO2.3C9H8N2O2.C8H7N3O2.4C7H12.2C7H10.12C2H6/c2*12-9-6-10(13)11(7-9)8-4-2-1-3-5-8;12-8-5-9(13)11(6-8)7-1-3-10-4-2-7;12-8-4-9(13)11(6-8)7-2-1-3-10-5-7;12-7-5-9(13)11(6-7)8-3-1-2-4-10-8;12-7-1-8(13)11(4-7)6-2-9-5-10-3-6;6*1-7-5-3-2-4-6-7;12*1-2/h2*1-5H,6-7H2;1-4H,5-6H2;1-3,5H,4,6H2;1-4H,5-6H2;2-3,5H,1,4H2;4*5H,2-4,6H2,1H3;2-3,6H,4-5H2,1H3;2-3,5H,4,6H2,1H3;12*1-2H3. The van der Waals surface area contributed by atoms with Crippen LogP contribution in [0.3, 0.4) is 0 Å². The molecule has 18 rings (SSSR count). The molecule has 6 saturated heterocycles. The maximum Gasteiger partial charge on any atom is 0.236 e. The Bertz CT molecular complexity index is 3980. The number of ketones is 6. The van der Waals surface area contributed by atoms with Crippen molar-refractivity contribution in [3.63, 3.8) is 0 Å². The van der Waals surface area contributed by atoms with Gasteiger partial charge in [-0.2, -0.15) is 0 Å². The van der Waals surface area contributed by atoms with Crippen LogP contribution in [0.5, 0.6) is 0 Å². The number of hydrogen-bond donors (Lipinski definition) is 0. The van der Waals surface area contributed by atoms with Crippen LogP contribution in [0.25, 0.3) is 0 Å². The Hall–Kier alpha value is -12.3. The second-order valence-corrected chi connectivity index (χ2v) is 30.7. The van der Waals surface area contributed by atoms with Gasteiger partial charge in [0.2, 0.25) is 35.4 Å². The Morgan fingerprint density at radius 1 is 0.236 bits per heavy atom. The summed E-state index contributed by atoms with van der Waals surface area (Å²) in [4.78, 5) is 161. The molecule has 0 bridgehead atoms. The first-order valence-corrected chi connectivity index (χ1v) is 53.7. The molecule has 10 heterocycles. The SMILES string of the molecule is CC.CC.CC.CC.CC.CC.CC.CC.CC.CC.CC.CC.CC1=CC=CCC1.CC1=CCC=CC1.CC1=CCCCC1.CC1=CCCCC1.CC1=CCCCC1.CC1=CCCCC1.O=C1CC(=O)N(c2ccccc2)C1.O=C1CC(=O)N(c2ccccc2)C1.O=C1CC(=O)N(c2ccccn2)C1.O=C1CC(=O)N(c2cccnc2)C1.O=C1CC(=O)N(c2ccncc2)C1.O=C1CC(=O)N(c2cncnc2)C1. The van der Waals surface area contributed by atoms with Gasteiger partial charge in [0.15, 0.2) is 34.7 Å². The van der Waals surface area contributed by atoms with Gasteiger partial charge in [0, 0.05) is 41.8 Å². The number of aromatic nitrogens is 5. The average Bonchev–Trinajstić information content (AvgIpc) is 1.74. The summed E-state index contributed by atoms with van der Waals surface area (Å²) in [6.45, 7) is 62.4. The fraction of sp³-hybridized carbons (Fsp3) is 0.512. The Kier molecular flexibility index (Phi) is 97.1. The second kappa shape index (κ2) is 98.1. The monoisotopic (exact) mass is 1990 g/mol. The number of rotatable bonds is 6. The van der Waals surface area contributed by atoms with Crippen molar-refractivity contribution in [2.24, 2.45) is 0 Å². The minimum absolute atomic E-state index is 0.00507. The minimum Gasteiger partial charge on any atom is -0.305 e. The minimum atomic E-state index is -0.181. The molecule has 4 aromatic heterocycles. The molecule has 0 unspecified atom stereocenters. The highest BCUT2D eigenvalue weighted by molar-refractivity contribution is 6.18. The van der Waals surface area contributed by atoms with E-state index in [4.69, 9.17) is 0 Å². The lowest BCUT2D eigenvalue weighted by Crippen LogP contribution is -2.25. The number of benzene rings is 2. The summed E-state index contributed by atoms with van der Waals surface area (Å²) in [7, 11) is 0. The molecular weight excluding hydrogens is 1800 g/mol. The van der Waals surface area contributed by atoms with Crippen molar-refractivity contribution < 1.29 is 57.5 Å². The van der Waals surface area contributed by atoms with E-state index in [1.807, 2.05) is 227 Å². The summed E-state index contributed by atoms with van der Waals surface area (Å²) in [5.74, 6) is -0.439. The Morgan fingerprint density at radius 2 is 0.542 bits per heavy atom. The fourth-order valence-corrected chi connectivity index (χ4v) is 13.5. The van der Waals surface area contributed by atoms with Gasteiger partial charge < -0.3 is 24.5 Å². The van der Waals surface area contributed by atoms with Crippen LogP contribution in [0.2, 0.25) is 0 Å². The number of carbonyl (C=O) groups excluding carboxylic acids is 12. The van der Waals surface area contributed by atoms with Crippen LogP contribution in [0.15, 0.2) is 247 Å². The van der Waals surface area contributed by atoms with Gasteiger partial charge in [0.1, 0.15) is 12.1 Å². The van der Waals surface area contributed by atoms with Gasteiger partial charge in [-0.15, -0.1) is 0 Å². The third-order valence-corrected chi connectivity index (χ3v) is 20.3. The molecule has 6 fully saturated rings. The second-order valence-electron chi connectivity index (χ2n) is 30.7. The van der Waals surface area contributed by atoms with E-state index in [9.17, 15) is 57.5 Å². The lowest BCUT2D eigenvalue weighted by atomic mass is 10.0. The maximum absolute atomic E-state index is 11.3. The number of para-hydroxylation sites is 2. The molecule has 0 N–H and O–H groups in total. The van der Waals surface area contributed by atoms with E-state index in [0.717, 1.165) is 23.5 Å². The lowest BCUT2D eigenvalue weighted by molar-refractivity contribution is -0.123. The molecule has 6 amide bonds. The number of anilines is 6. The zero-order valence-corrected chi connectivity index (χ0v) is 94.7. The smallest absolute Gasteiger partial charge is 0.236 e. The number of hydrogen-bond acceptors (Lipinski definition) is 17. The Balaban J connectivity index is -0.000000356. The highest BCUT2D eigenvalue weighted by atomic mass is 16.2. The van der Waals surface area contributed by atoms with Crippen LogP contribution < -0.4 is 29.4 Å². The summed E-state index contributed by atoms with van der Waals surface area (Å²) in [6.07, 6.45) is 62.0. The molecule has 0 spiro atoms. The van der Waals surface area contributed by atoms with Crippen molar-refractivity contribution >= 4 is 104 Å². The van der Waals surface area contributed by atoms with E-state index in [-0.39, 0.29) is 148 Å². The van der Waals surface area contributed by atoms with Gasteiger partial charge in [-0.1, -0.05) is 303 Å². The van der Waals surface area contributed by atoms with Gasteiger partial charge in [0.05, 0.1) is 108 Å². The first-order valence-electron chi connectivity index (χ1n) is 53.7. The molecule has 144 heavy (non-hydrogen) atoms. The molecule has 2 aromatic carbocycles. The molecule has 6 aliphatic carbocycles. The van der Waals surface area contributed by atoms with E-state index in [2.05, 4.69) is 127 Å². The highest BCUT2D eigenvalue weighted by Gasteiger charge is 2.33. The third kappa shape index (κ3) is 66.6. The quantitative estimate of drug-likeness (QED) is 0.111. The predicted molar refractivity (Wildman–Crippen MR) is 609 cm³/mol. The van der Waals surface area contributed by atoms with Crippen molar-refractivity contribution in [2.45, 2.75) is 375 Å². The largest absolute Gasteiger partial charge is 0.305 e. The first kappa shape index (κ1) is 142. The number of nitrogens with zero attached hydrogens (tertiary/aromatic N) is 11. The zero-order valence-electron chi connectivity index (χ0n) is 94.7. The molecule has 0 radical (unpaired) electrons. The fourth-order valence-electron chi connectivity index (χ4n) is 13.5. The van der Waals surface area contributed by atoms with E-state index >= 15 is 0 Å². The number of carbonyl (C=O) groups is 12. The third-order valence-electron chi connectivity index (χ3n) is 20.3. The molecule has 0 atom stereocenters. The zero-order chi connectivity index (χ0) is 110. The number of allylic oxidation sites excluding steroid dienone is 16. The molecule has 0 saturated carbocycles. The van der Waals surface area contributed by atoms with Crippen molar-refractivity contribution in [1.29, 1.82) is 0 Å². The van der Waals surface area contributed by atoms with Crippen LogP contribution in [0, 0.1) is 0 Å². The molecule has 6 aromatic rings. The first-order chi connectivity index (χ1) is 70.0. The maximum atomic E-state index is 11.3. The van der Waals surface area contributed by atoms with Crippen LogP contribution in [-0.2, 0) is 57.5 Å². The Labute approximate surface area is 872 Å². The van der Waals surface area contributed by atoms with Crippen molar-refractivity contribution in [3.05, 3.63) is 247 Å². The lowest BCUT2D eigenvalue weighted by Gasteiger charge is -2.13. The number of Topliss-reactive ketones (excluding diaryl/α,β-unsaturated/α-hetero) is 6. The molecule has 23 heteroatoms. The highest BCUT2D eigenvalue weighted by Crippen LogP contribution is 2.25. The summed E-state index contributed by atoms with van der Waals surface area (Å²) in [5.41, 5.74) is 13.0. The number of amides is 6. The molecule has 23 nitrogen and oxygen atoms in total. The van der Waals surface area contributed by atoms with E-state index in [1.165, 1.54) is 181 Å². The van der Waals surface area contributed by atoms with Crippen molar-refractivity contribution in [1.82, 2.24) is 24.9 Å². The molecule has 800 valence electrons. The summed E-state index contributed by atoms with van der Waals surface area (Å²) in [6, 6.07) is 30.7. The van der Waals surface area contributed by atoms with Gasteiger partial charge in [-0.25, -0.2) is 15.0 Å². The molecule has 12 aliphatic rings. The van der Waals surface area contributed by atoms with Crippen LogP contribution >= 0.6 is 0 Å². The average molecular weight is 1990 g/mol. The van der Waals surface area contributed by atoms with Crippen molar-refractivity contribution in [3.8, 4) is 0 Å². The van der Waals surface area contributed by atoms with Gasteiger partial charge in [-0.05, 0) is 231 Å². The number of pyridine rings is 3. The van der Waals surface area contributed by atoms with E-state index in [1.54, 1.807) is 95.7 Å². The summed E-state index contributed by atoms with van der Waals surface area (Å²) >= 11 is 0. The van der Waals surface area contributed by atoms with Gasteiger partial charge in [0.25, 0.3) is 0 Å².